The summed E-state index contributed by atoms with van der Waals surface area (Å²) in [5, 5.41) is 2.76. The molecule has 1 heterocycles. The van der Waals surface area contributed by atoms with Gasteiger partial charge in [0, 0.05) is 18.0 Å². The van der Waals surface area contributed by atoms with Gasteiger partial charge >= 0.3 is 0 Å². The molecule has 0 spiro atoms. The molecule has 5 nitrogen and oxygen atoms in total. The standard InChI is InChI=1S/C21H19FN2O3/c1-15-6-11-21(23-14-15)27-17-9-7-16(8-10-17)24-20(25)12-13-26-19-5-3-2-4-18(19)22/h2-11,14H,12-13H2,1H3,(H,24,25). The Hall–Kier alpha value is -3.41. The molecule has 0 aliphatic carbocycles. The van der Waals surface area contributed by atoms with Crippen molar-refractivity contribution in [2.45, 2.75) is 13.3 Å². The van der Waals surface area contributed by atoms with Gasteiger partial charge in [0.1, 0.15) is 5.75 Å². The second-order valence-electron chi connectivity index (χ2n) is 5.88. The van der Waals surface area contributed by atoms with Gasteiger partial charge in [0.25, 0.3) is 0 Å². The Morgan fingerprint density at radius 3 is 2.56 bits per heavy atom. The fourth-order valence-electron chi connectivity index (χ4n) is 2.28. The molecule has 0 atom stereocenters. The van der Waals surface area contributed by atoms with Crippen LogP contribution in [-0.2, 0) is 4.79 Å². The topological polar surface area (TPSA) is 60.5 Å². The van der Waals surface area contributed by atoms with E-state index in [0.717, 1.165) is 5.56 Å². The highest BCUT2D eigenvalue weighted by Crippen LogP contribution is 2.21. The third-order valence-electron chi connectivity index (χ3n) is 3.67. The van der Waals surface area contributed by atoms with E-state index in [4.69, 9.17) is 9.47 Å². The van der Waals surface area contributed by atoms with Crippen molar-refractivity contribution < 1.29 is 18.7 Å². The van der Waals surface area contributed by atoms with Crippen molar-refractivity contribution in [3.05, 3.63) is 78.2 Å². The van der Waals surface area contributed by atoms with E-state index in [1.807, 2.05) is 13.0 Å². The molecule has 1 amide bonds. The Bertz CT molecular complexity index is 896. The molecular weight excluding hydrogens is 347 g/mol. The Morgan fingerprint density at radius 2 is 1.85 bits per heavy atom. The summed E-state index contributed by atoms with van der Waals surface area (Å²) in [6.45, 7) is 2.04. The average Bonchev–Trinajstić information content (AvgIpc) is 2.67. The van der Waals surface area contributed by atoms with Crippen molar-refractivity contribution in [1.29, 1.82) is 0 Å². The predicted molar refractivity (Wildman–Crippen MR) is 101 cm³/mol. The molecule has 1 aromatic heterocycles. The highest BCUT2D eigenvalue weighted by atomic mass is 19.1. The number of aromatic nitrogens is 1. The van der Waals surface area contributed by atoms with E-state index in [9.17, 15) is 9.18 Å². The van der Waals surface area contributed by atoms with E-state index < -0.39 is 5.82 Å². The number of halogens is 1. The van der Waals surface area contributed by atoms with Crippen LogP contribution in [0.3, 0.4) is 0 Å². The average molecular weight is 366 g/mol. The van der Waals surface area contributed by atoms with E-state index in [2.05, 4.69) is 10.3 Å². The first-order valence-corrected chi connectivity index (χ1v) is 8.48. The maximum Gasteiger partial charge on any atom is 0.227 e. The zero-order valence-corrected chi connectivity index (χ0v) is 14.8. The van der Waals surface area contributed by atoms with Crippen LogP contribution >= 0.6 is 0 Å². The third kappa shape index (κ3) is 5.54. The van der Waals surface area contributed by atoms with E-state index in [-0.39, 0.29) is 24.7 Å². The SMILES string of the molecule is Cc1ccc(Oc2ccc(NC(=O)CCOc3ccccc3F)cc2)nc1. The minimum absolute atomic E-state index is 0.0903. The lowest BCUT2D eigenvalue weighted by Crippen LogP contribution is -2.15. The van der Waals surface area contributed by atoms with Crippen LogP contribution in [0.1, 0.15) is 12.0 Å². The summed E-state index contributed by atoms with van der Waals surface area (Å²) < 4.78 is 24.3. The number of amides is 1. The van der Waals surface area contributed by atoms with Crippen LogP contribution in [0.4, 0.5) is 10.1 Å². The number of carbonyl (C=O) groups excluding carboxylic acids is 1. The molecule has 0 fully saturated rings. The maximum atomic E-state index is 13.4. The number of pyridine rings is 1. The van der Waals surface area contributed by atoms with Gasteiger partial charge in [-0.2, -0.15) is 0 Å². The second kappa shape index (κ2) is 8.80. The summed E-state index contributed by atoms with van der Waals surface area (Å²) in [4.78, 5) is 16.1. The number of benzene rings is 2. The number of rotatable bonds is 7. The number of ether oxygens (including phenoxy) is 2. The molecule has 0 radical (unpaired) electrons. The maximum absolute atomic E-state index is 13.4. The summed E-state index contributed by atoms with van der Waals surface area (Å²) in [6, 6.07) is 16.8. The Balaban J connectivity index is 1.46. The number of nitrogens with one attached hydrogen (secondary N) is 1. The summed E-state index contributed by atoms with van der Waals surface area (Å²) in [6.07, 6.45) is 1.84. The molecule has 0 saturated heterocycles. The van der Waals surface area contributed by atoms with E-state index >= 15 is 0 Å². The minimum atomic E-state index is -0.448. The van der Waals surface area contributed by atoms with E-state index in [0.29, 0.717) is 17.3 Å². The van der Waals surface area contributed by atoms with Gasteiger partial charge in [0.15, 0.2) is 11.6 Å². The van der Waals surface area contributed by atoms with E-state index in [1.165, 1.54) is 12.1 Å². The number of hydrogen-bond donors (Lipinski definition) is 1. The van der Waals surface area contributed by atoms with Crippen molar-refractivity contribution >= 4 is 11.6 Å². The second-order valence-corrected chi connectivity index (χ2v) is 5.88. The molecule has 6 heteroatoms. The molecule has 0 unspecified atom stereocenters. The highest BCUT2D eigenvalue weighted by Gasteiger charge is 2.06. The lowest BCUT2D eigenvalue weighted by Gasteiger charge is -2.09. The van der Waals surface area contributed by atoms with Gasteiger partial charge < -0.3 is 14.8 Å². The van der Waals surface area contributed by atoms with Crippen molar-refractivity contribution in [3.8, 4) is 17.4 Å². The first-order chi connectivity index (χ1) is 13.1. The molecule has 2 aromatic carbocycles. The fraction of sp³-hybridized carbons (Fsp3) is 0.143. The van der Waals surface area contributed by atoms with Crippen LogP contribution in [-0.4, -0.2) is 17.5 Å². The van der Waals surface area contributed by atoms with E-state index in [1.54, 1.807) is 48.7 Å². The van der Waals surface area contributed by atoms with Gasteiger partial charge in [0.2, 0.25) is 11.8 Å². The first kappa shape index (κ1) is 18.4. The molecule has 0 aliphatic rings. The quantitative estimate of drug-likeness (QED) is 0.657. The summed E-state index contributed by atoms with van der Waals surface area (Å²) in [5.74, 6) is 0.586. The Labute approximate surface area is 156 Å². The summed E-state index contributed by atoms with van der Waals surface area (Å²) in [7, 11) is 0. The molecular formula is C21H19FN2O3. The Kier molecular flexibility index (Phi) is 5.99. The number of nitrogens with zero attached hydrogens (tertiary/aromatic N) is 1. The Morgan fingerprint density at radius 1 is 1.07 bits per heavy atom. The van der Waals surface area contributed by atoms with Crippen molar-refractivity contribution in [2.75, 3.05) is 11.9 Å². The zero-order valence-electron chi connectivity index (χ0n) is 14.8. The van der Waals surface area contributed by atoms with Gasteiger partial charge in [-0.15, -0.1) is 0 Å². The van der Waals surface area contributed by atoms with Gasteiger partial charge in [-0.3, -0.25) is 4.79 Å². The number of carbonyl (C=O) groups is 1. The largest absolute Gasteiger partial charge is 0.490 e. The molecule has 138 valence electrons. The number of para-hydroxylation sites is 1. The smallest absolute Gasteiger partial charge is 0.227 e. The van der Waals surface area contributed by atoms with Crippen molar-refractivity contribution in [1.82, 2.24) is 4.98 Å². The number of aryl methyl sites for hydroxylation is 1. The monoisotopic (exact) mass is 366 g/mol. The van der Waals surface area contributed by atoms with Crippen LogP contribution in [0.25, 0.3) is 0 Å². The van der Waals surface area contributed by atoms with Crippen molar-refractivity contribution in [2.24, 2.45) is 0 Å². The summed E-state index contributed by atoms with van der Waals surface area (Å²) >= 11 is 0. The first-order valence-electron chi connectivity index (χ1n) is 8.48. The lowest BCUT2D eigenvalue weighted by atomic mass is 10.3. The molecule has 0 bridgehead atoms. The molecule has 1 N–H and O–H groups in total. The highest BCUT2D eigenvalue weighted by molar-refractivity contribution is 5.90. The van der Waals surface area contributed by atoms with Crippen LogP contribution in [0.15, 0.2) is 66.9 Å². The molecule has 3 rings (SSSR count). The van der Waals surface area contributed by atoms with Gasteiger partial charge in [-0.05, 0) is 48.9 Å². The fourth-order valence-corrected chi connectivity index (χ4v) is 2.28. The van der Waals surface area contributed by atoms with Gasteiger partial charge in [-0.25, -0.2) is 9.37 Å². The molecule has 0 saturated carbocycles. The lowest BCUT2D eigenvalue weighted by molar-refractivity contribution is -0.116. The molecule has 0 aliphatic heterocycles. The zero-order chi connectivity index (χ0) is 19.1. The third-order valence-corrected chi connectivity index (χ3v) is 3.67. The normalized spacial score (nSPS) is 10.3. The summed E-state index contributed by atoms with van der Waals surface area (Å²) in [5.41, 5.74) is 1.69. The van der Waals surface area contributed by atoms with Crippen LogP contribution in [0, 0.1) is 12.7 Å². The van der Waals surface area contributed by atoms with Crippen LogP contribution < -0.4 is 14.8 Å². The number of hydrogen-bond acceptors (Lipinski definition) is 4. The van der Waals surface area contributed by atoms with Crippen LogP contribution in [0.5, 0.6) is 17.4 Å². The van der Waals surface area contributed by atoms with Gasteiger partial charge in [0.05, 0.1) is 13.0 Å². The van der Waals surface area contributed by atoms with Crippen molar-refractivity contribution in [3.63, 3.8) is 0 Å². The minimum Gasteiger partial charge on any atom is -0.490 e. The van der Waals surface area contributed by atoms with Crippen LogP contribution in [0.2, 0.25) is 0 Å². The molecule has 27 heavy (non-hydrogen) atoms. The predicted octanol–water partition coefficient (Wildman–Crippen LogP) is 4.73. The molecule has 3 aromatic rings. The number of anilines is 1. The van der Waals surface area contributed by atoms with Gasteiger partial charge in [-0.1, -0.05) is 18.2 Å².